The molecule has 0 aliphatic carbocycles. The highest BCUT2D eigenvalue weighted by molar-refractivity contribution is 7.91. The minimum absolute atomic E-state index is 0.0252. The highest BCUT2D eigenvalue weighted by atomic mass is 35.5. The molecule has 1 saturated heterocycles. The summed E-state index contributed by atoms with van der Waals surface area (Å²) in [6, 6.07) is 5.21. The molecule has 2 heterocycles. The fourth-order valence-corrected chi connectivity index (χ4v) is 5.54. The number of ether oxygens (including phenoxy) is 1. The summed E-state index contributed by atoms with van der Waals surface area (Å²) in [4.78, 5) is 26.9. The van der Waals surface area contributed by atoms with E-state index in [0.29, 0.717) is 22.7 Å². The fourth-order valence-electron chi connectivity index (χ4n) is 3.59. The predicted octanol–water partition coefficient (Wildman–Crippen LogP) is 2.43. The number of esters is 1. The maximum atomic E-state index is 12.8. The van der Waals surface area contributed by atoms with Gasteiger partial charge in [-0.25, -0.2) is 18.0 Å². The Bertz CT molecular complexity index is 912. The topological polar surface area (TPSA) is 92.8 Å². The van der Waals surface area contributed by atoms with Crippen molar-refractivity contribution in [3.05, 3.63) is 46.1 Å². The van der Waals surface area contributed by atoms with E-state index in [1.165, 1.54) is 4.90 Å². The Kier molecular flexibility index (Phi) is 5.48. The second kappa shape index (κ2) is 7.52. The van der Waals surface area contributed by atoms with Gasteiger partial charge >= 0.3 is 12.0 Å². The predicted molar refractivity (Wildman–Crippen MR) is 101 cm³/mol. The van der Waals surface area contributed by atoms with Gasteiger partial charge in [0.25, 0.3) is 0 Å². The Balaban J connectivity index is 2.08. The van der Waals surface area contributed by atoms with Gasteiger partial charge in [-0.2, -0.15) is 0 Å². The smallest absolute Gasteiger partial charge is 0.338 e. The number of sulfone groups is 1. The van der Waals surface area contributed by atoms with E-state index < -0.39 is 33.9 Å². The first-order chi connectivity index (χ1) is 12.7. The van der Waals surface area contributed by atoms with Gasteiger partial charge in [0.2, 0.25) is 0 Å². The molecule has 0 radical (unpaired) electrons. The molecule has 2 amide bonds. The van der Waals surface area contributed by atoms with Crippen LogP contribution < -0.4 is 5.32 Å². The third-order valence-corrected chi connectivity index (χ3v) is 6.91. The summed E-state index contributed by atoms with van der Waals surface area (Å²) in [7, 11) is -3.19. The van der Waals surface area contributed by atoms with Gasteiger partial charge in [-0.1, -0.05) is 29.8 Å². The molecule has 0 spiro atoms. The van der Waals surface area contributed by atoms with Crippen LogP contribution in [0.25, 0.3) is 0 Å². The van der Waals surface area contributed by atoms with Gasteiger partial charge in [0.15, 0.2) is 9.84 Å². The molecule has 7 nitrogen and oxygen atoms in total. The van der Waals surface area contributed by atoms with Crippen LogP contribution >= 0.6 is 11.6 Å². The Morgan fingerprint density at radius 3 is 2.67 bits per heavy atom. The summed E-state index contributed by atoms with van der Waals surface area (Å²) in [5, 5.41) is 3.21. The van der Waals surface area contributed by atoms with Crippen LogP contribution in [0.1, 0.15) is 31.9 Å². The number of hydrogen-bond donors (Lipinski definition) is 1. The summed E-state index contributed by atoms with van der Waals surface area (Å²) in [6.07, 6.45) is 0.333. The summed E-state index contributed by atoms with van der Waals surface area (Å²) >= 11 is 6.28. The van der Waals surface area contributed by atoms with Crippen molar-refractivity contribution < 1.29 is 22.7 Å². The Morgan fingerprint density at radius 1 is 1.37 bits per heavy atom. The minimum atomic E-state index is -3.19. The van der Waals surface area contributed by atoms with Crippen LogP contribution in [-0.4, -0.2) is 49.5 Å². The Hall–Kier alpha value is -2.06. The number of halogens is 1. The molecule has 2 aliphatic rings. The molecule has 0 bridgehead atoms. The van der Waals surface area contributed by atoms with Gasteiger partial charge in [0, 0.05) is 10.7 Å². The lowest BCUT2D eigenvalue weighted by atomic mass is 9.94. The van der Waals surface area contributed by atoms with E-state index in [0.717, 1.165) is 0 Å². The second-order valence-corrected chi connectivity index (χ2v) is 9.19. The van der Waals surface area contributed by atoms with Crippen LogP contribution in [0.5, 0.6) is 0 Å². The summed E-state index contributed by atoms with van der Waals surface area (Å²) in [5.74, 6) is -0.659. The van der Waals surface area contributed by atoms with Gasteiger partial charge < -0.3 is 10.1 Å². The normalized spacial score (nSPS) is 24.7. The molecule has 27 heavy (non-hydrogen) atoms. The van der Waals surface area contributed by atoms with E-state index in [1.807, 2.05) is 0 Å². The van der Waals surface area contributed by atoms with Crippen LogP contribution in [0.4, 0.5) is 4.79 Å². The van der Waals surface area contributed by atoms with Crippen LogP contribution in [-0.2, 0) is 19.4 Å². The molecule has 1 fully saturated rings. The van der Waals surface area contributed by atoms with Crippen molar-refractivity contribution in [1.82, 2.24) is 10.2 Å². The fraction of sp³-hybridized carbons (Fsp3) is 0.444. The van der Waals surface area contributed by atoms with Gasteiger partial charge in [0.1, 0.15) is 0 Å². The zero-order valence-electron chi connectivity index (χ0n) is 15.1. The first-order valence-electron chi connectivity index (χ1n) is 8.67. The lowest BCUT2D eigenvalue weighted by Gasteiger charge is -2.38. The molecular formula is C18H21ClN2O5S. The van der Waals surface area contributed by atoms with E-state index in [1.54, 1.807) is 38.1 Å². The summed E-state index contributed by atoms with van der Waals surface area (Å²) < 4.78 is 28.9. The maximum absolute atomic E-state index is 12.8. The largest absolute Gasteiger partial charge is 0.463 e. The first kappa shape index (κ1) is 19.7. The van der Waals surface area contributed by atoms with E-state index in [2.05, 4.69) is 5.32 Å². The van der Waals surface area contributed by atoms with Crippen molar-refractivity contribution in [2.75, 3.05) is 18.1 Å². The molecule has 0 saturated carbocycles. The molecule has 0 unspecified atom stereocenters. The van der Waals surface area contributed by atoms with Crippen molar-refractivity contribution in [3.8, 4) is 0 Å². The van der Waals surface area contributed by atoms with Crippen molar-refractivity contribution in [2.45, 2.75) is 32.4 Å². The van der Waals surface area contributed by atoms with Crippen LogP contribution in [0.15, 0.2) is 35.5 Å². The minimum Gasteiger partial charge on any atom is -0.463 e. The molecule has 3 rings (SSSR count). The van der Waals surface area contributed by atoms with E-state index in [9.17, 15) is 18.0 Å². The number of carbonyl (C=O) groups excluding carboxylic acids is 2. The average Bonchev–Trinajstić information content (AvgIpc) is 2.94. The number of nitrogens with zero attached hydrogens (tertiary/aromatic N) is 1. The molecule has 9 heteroatoms. The summed E-state index contributed by atoms with van der Waals surface area (Å²) in [5.41, 5.74) is 1.23. The molecule has 1 N–H and O–H groups in total. The van der Waals surface area contributed by atoms with Crippen molar-refractivity contribution in [1.29, 1.82) is 0 Å². The van der Waals surface area contributed by atoms with Crippen molar-refractivity contribution >= 4 is 33.4 Å². The molecule has 1 aromatic carbocycles. The highest BCUT2D eigenvalue weighted by Gasteiger charge is 2.43. The molecule has 1 aromatic rings. The number of urea groups is 1. The number of rotatable bonds is 4. The van der Waals surface area contributed by atoms with Crippen LogP contribution in [0, 0.1) is 0 Å². The van der Waals surface area contributed by atoms with Crippen LogP contribution in [0.2, 0.25) is 5.02 Å². The lowest BCUT2D eigenvalue weighted by Crippen LogP contribution is -2.52. The van der Waals surface area contributed by atoms with E-state index in [-0.39, 0.29) is 23.7 Å². The third-order valence-electron chi connectivity index (χ3n) is 4.81. The number of amides is 2. The maximum Gasteiger partial charge on any atom is 0.338 e. The molecule has 2 aliphatic heterocycles. The monoisotopic (exact) mass is 412 g/mol. The number of allylic oxidation sites excluding steroid dienone is 1. The molecule has 146 valence electrons. The van der Waals surface area contributed by atoms with Crippen molar-refractivity contribution in [3.63, 3.8) is 0 Å². The van der Waals surface area contributed by atoms with E-state index >= 15 is 0 Å². The standard InChI is InChI=1S/C18H21ClN2O5S/c1-3-26-17(22)15-11(2)21(12-8-9-27(24,25)10-12)18(23)20-16(15)13-6-4-5-7-14(13)19/h4-7,12,16H,3,8-10H2,1-2H3,(H,20,23)/t12-,16+/m1/s1. The number of nitrogens with one attached hydrogen (secondary N) is 1. The van der Waals surface area contributed by atoms with Gasteiger partial charge in [-0.15, -0.1) is 0 Å². The zero-order chi connectivity index (χ0) is 19.8. The highest BCUT2D eigenvalue weighted by Crippen LogP contribution is 2.36. The Morgan fingerprint density at radius 2 is 2.07 bits per heavy atom. The molecular weight excluding hydrogens is 392 g/mol. The third kappa shape index (κ3) is 3.82. The lowest BCUT2D eigenvalue weighted by molar-refractivity contribution is -0.139. The molecule has 2 atom stereocenters. The quantitative estimate of drug-likeness (QED) is 0.766. The van der Waals surface area contributed by atoms with Crippen LogP contribution in [0.3, 0.4) is 0 Å². The van der Waals surface area contributed by atoms with Gasteiger partial charge in [-0.05, 0) is 31.9 Å². The van der Waals surface area contributed by atoms with E-state index in [4.69, 9.17) is 16.3 Å². The number of carbonyl (C=O) groups is 2. The number of benzene rings is 1. The first-order valence-corrected chi connectivity index (χ1v) is 10.9. The van der Waals surface area contributed by atoms with Gasteiger partial charge in [-0.3, -0.25) is 4.90 Å². The average molecular weight is 413 g/mol. The second-order valence-electron chi connectivity index (χ2n) is 6.55. The van der Waals surface area contributed by atoms with Gasteiger partial charge in [0.05, 0.1) is 35.8 Å². The SMILES string of the molecule is CCOC(=O)C1=C(C)N([C@@H]2CCS(=O)(=O)C2)C(=O)N[C@H]1c1ccccc1Cl. The Labute approximate surface area is 163 Å². The summed E-state index contributed by atoms with van der Waals surface area (Å²) in [6.45, 7) is 3.51. The zero-order valence-corrected chi connectivity index (χ0v) is 16.6. The molecule has 0 aromatic heterocycles. The number of hydrogen-bond acceptors (Lipinski definition) is 5. The van der Waals surface area contributed by atoms with Crippen molar-refractivity contribution in [2.24, 2.45) is 0 Å².